The summed E-state index contributed by atoms with van der Waals surface area (Å²) in [7, 11) is 1.59. The van der Waals surface area contributed by atoms with Crippen molar-refractivity contribution in [3.8, 4) is 5.75 Å². The van der Waals surface area contributed by atoms with Gasteiger partial charge in [0, 0.05) is 24.8 Å². The fourth-order valence-electron chi connectivity index (χ4n) is 2.36. The first-order valence-corrected chi connectivity index (χ1v) is 7.79. The van der Waals surface area contributed by atoms with E-state index < -0.39 is 5.97 Å². The maximum atomic E-state index is 12.4. The molecule has 1 aromatic carbocycles. The molecule has 0 fully saturated rings. The molecule has 0 aliphatic rings. The van der Waals surface area contributed by atoms with Crippen LogP contribution in [0.5, 0.6) is 5.75 Å². The number of benzene rings is 1. The van der Waals surface area contributed by atoms with Gasteiger partial charge in [-0.15, -0.1) is 0 Å². The number of nitrogens with one attached hydrogen (secondary N) is 1. The number of amides is 1. The first-order valence-electron chi connectivity index (χ1n) is 7.79. The van der Waals surface area contributed by atoms with Gasteiger partial charge in [0.1, 0.15) is 24.5 Å². The molecule has 2 N–H and O–H groups in total. The normalized spacial score (nSPS) is 10.5. The van der Waals surface area contributed by atoms with Crippen molar-refractivity contribution >= 4 is 11.9 Å². The van der Waals surface area contributed by atoms with Gasteiger partial charge < -0.3 is 24.3 Å². The number of para-hydroxylation sites is 1. The lowest BCUT2D eigenvalue weighted by Gasteiger charge is -2.12. The van der Waals surface area contributed by atoms with Gasteiger partial charge in [0.05, 0.1) is 18.4 Å². The summed E-state index contributed by atoms with van der Waals surface area (Å²) < 4.78 is 15.8. The lowest BCUT2D eigenvalue weighted by molar-refractivity contribution is -0.136. The topological polar surface area (TPSA) is 98.0 Å². The predicted octanol–water partition coefficient (Wildman–Crippen LogP) is 2.17. The zero-order valence-corrected chi connectivity index (χ0v) is 14.2. The van der Waals surface area contributed by atoms with Crippen LogP contribution in [0.4, 0.5) is 0 Å². The Morgan fingerprint density at radius 1 is 1.24 bits per heavy atom. The molecule has 0 saturated heterocycles. The van der Waals surface area contributed by atoms with Crippen molar-refractivity contribution in [2.45, 2.75) is 19.9 Å². The van der Waals surface area contributed by atoms with Crippen molar-refractivity contribution in [1.29, 1.82) is 0 Å². The summed E-state index contributed by atoms with van der Waals surface area (Å²) >= 11 is 0. The second kappa shape index (κ2) is 8.89. The fraction of sp³-hybridized carbons (Fsp3) is 0.333. The highest BCUT2D eigenvalue weighted by atomic mass is 16.5. The van der Waals surface area contributed by atoms with Crippen LogP contribution in [0.15, 0.2) is 34.9 Å². The number of aryl methyl sites for hydroxylation is 1. The van der Waals surface area contributed by atoms with Crippen LogP contribution in [0.3, 0.4) is 0 Å². The molecule has 0 saturated carbocycles. The minimum atomic E-state index is -1.06. The molecule has 1 aromatic heterocycles. The molecule has 0 aliphatic carbocycles. The second-order valence-corrected chi connectivity index (χ2v) is 5.42. The molecule has 7 nitrogen and oxygen atoms in total. The van der Waals surface area contributed by atoms with E-state index in [0.29, 0.717) is 24.5 Å². The first-order chi connectivity index (χ1) is 12.0. The van der Waals surface area contributed by atoms with Crippen molar-refractivity contribution in [2.24, 2.45) is 0 Å². The van der Waals surface area contributed by atoms with Crippen LogP contribution in [0.25, 0.3) is 0 Å². The van der Waals surface area contributed by atoms with Gasteiger partial charge in [0.15, 0.2) is 0 Å². The van der Waals surface area contributed by atoms with Gasteiger partial charge in [-0.3, -0.25) is 9.59 Å². The summed E-state index contributed by atoms with van der Waals surface area (Å²) in [5, 5.41) is 11.7. The average Bonchev–Trinajstić information content (AvgIpc) is 2.93. The monoisotopic (exact) mass is 347 g/mol. The Labute approximate surface area is 145 Å². The number of hydrogen-bond acceptors (Lipinski definition) is 5. The molecule has 1 amide bonds. The molecule has 0 atom stereocenters. The van der Waals surface area contributed by atoms with Crippen molar-refractivity contribution in [2.75, 3.05) is 20.3 Å². The number of carboxylic acids is 1. The molecule has 25 heavy (non-hydrogen) atoms. The van der Waals surface area contributed by atoms with E-state index in [4.69, 9.17) is 19.0 Å². The average molecular weight is 347 g/mol. The van der Waals surface area contributed by atoms with E-state index in [-0.39, 0.29) is 30.2 Å². The van der Waals surface area contributed by atoms with Crippen LogP contribution in [0.2, 0.25) is 0 Å². The lowest BCUT2D eigenvalue weighted by Crippen LogP contribution is -2.25. The van der Waals surface area contributed by atoms with E-state index in [9.17, 15) is 9.59 Å². The maximum absolute atomic E-state index is 12.4. The minimum absolute atomic E-state index is 0.145. The molecule has 2 rings (SSSR count). The van der Waals surface area contributed by atoms with E-state index in [1.807, 2.05) is 24.3 Å². The molecule has 1 heterocycles. The van der Waals surface area contributed by atoms with Crippen molar-refractivity contribution in [1.82, 2.24) is 5.32 Å². The highest BCUT2D eigenvalue weighted by Gasteiger charge is 2.20. The Bertz CT molecular complexity index is 737. The van der Waals surface area contributed by atoms with Gasteiger partial charge in [-0.05, 0) is 13.0 Å². The van der Waals surface area contributed by atoms with E-state index in [0.717, 1.165) is 5.56 Å². The molecule has 2 aromatic rings. The highest BCUT2D eigenvalue weighted by molar-refractivity contribution is 5.97. The van der Waals surface area contributed by atoms with Crippen molar-refractivity contribution < 1.29 is 28.6 Å². The summed E-state index contributed by atoms with van der Waals surface area (Å²) in [6.07, 6.45) is 1.04. The zero-order chi connectivity index (χ0) is 18.2. The predicted molar refractivity (Wildman–Crippen MR) is 89.8 cm³/mol. The van der Waals surface area contributed by atoms with Gasteiger partial charge in [-0.1, -0.05) is 18.2 Å². The van der Waals surface area contributed by atoms with Crippen LogP contribution in [0, 0.1) is 6.92 Å². The van der Waals surface area contributed by atoms with E-state index in [2.05, 4.69) is 5.32 Å². The Hall–Kier alpha value is -2.80. The maximum Gasteiger partial charge on any atom is 0.311 e. The molecule has 7 heteroatoms. The largest absolute Gasteiger partial charge is 0.491 e. The van der Waals surface area contributed by atoms with Crippen LogP contribution >= 0.6 is 0 Å². The Kier molecular flexibility index (Phi) is 6.59. The van der Waals surface area contributed by atoms with E-state index in [1.54, 1.807) is 14.0 Å². The summed E-state index contributed by atoms with van der Waals surface area (Å²) in [5.74, 6) is -0.629. The Balaban J connectivity index is 2.06. The summed E-state index contributed by atoms with van der Waals surface area (Å²) in [4.78, 5) is 23.3. The van der Waals surface area contributed by atoms with Crippen LogP contribution in [-0.2, 0) is 22.5 Å². The molecule has 0 aliphatic heterocycles. The number of ether oxygens (including phenoxy) is 2. The summed E-state index contributed by atoms with van der Waals surface area (Å²) in [5.41, 5.74) is 1.67. The van der Waals surface area contributed by atoms with Gasteiger partial charge in [-0.2, -0.15) is 0 Å². The van der Waals surface area contributed by atoms with Crippen LogP contribution < -0.4 is 10.1 Å². The third-order valence-corrected chi connectivity index (χ3v) is 3.55. The van der Waals surface area contributed by atoms with Crippen LogP contribution in [0.1, 0.15) is 27.2 Å². The summed E-state index contributed by atoms with van der Waals surface area (Å²) in [6.45, 7) is 2.82. The fourth-order valence-corrected chi connectivity index (χ4v) is 2.36. The standard InChI is InChI=1S/C18H21NO6/c1-12-11-25-15(9-16(20)21)17(12)18(22)19-10-13-5-3-4-6-14(13)24-8-7-23-2/h3-6,11H,7-10H2,1-2H3,(H,19,22)(H,20,21). The van der Waals surface area contributed by atoms with Gasteiger partial charge >= 0.3 is 5.97 Å². The third kappa shape index (κ3) is 5.09. The zero-order valence-electron chi connectivity index (χ0n) is 14.2. The smallest absolute Gasteiger partial charge is 0.311 e. The first kappa shape index (κ1) is 18.5. The number of aliphatic carboxylic acids is 1. The van der Waals surface area contributed by atoms with Gasteiger partial charge in [0.25, 0.3) is 5.91 Å². The van der Waals surface area contributed by atoms with Crippen molar-refractivity contribution in [3.05, 3.63) is 53.0 Å². The number of methoxy groups -OCH3 is 1. The Morgan fingerprint density at radius 2 is 2.00 bits per heavy atom. The number of carbonyl (C=O) groups is 2. The van der Waals surface area contributed by atoms with E-state index in [1.165, 1.54) is 6.26 Å². The second-order valence-electron chi connectivity index (χ2n) is 5.42. The number of carbonyl (C=O) groups excluding carboxylic acids is 1. The van der Waals surface area contributed by atoms with Gasteiger partial charge in [-0.25, -0.2) is 0 Å². The number of rotatable bonds is 9. The molecule has 0 spiro atoms. The van der Waals surface area contributed by atoms with Crippen molar-refractivity contribution in [3.63, 3.8) is 0 Å². The minimum Gasteiger partial charge on any atom is -0.491 e. The molecule has 0 unspecified atom stereocenters. The van der Waals surface area contributed by atoms with Gasteiger partial charge in [0.2, 0.25) is 0 Å². The quantitative estimate of drug-likeness (QED) is 0.675. The SMILES string of the molecule is COCCOc1ccccc1CNC(=O)c1c(C)coc1CC(=O)O. The molecule has 134 valence electrons. The van der Waals surface area contributed by atoms with E-state index >= 15 is 0 Å². The number of hydrogen-bond donors (Lipinski definition) is 2. The lowest BCUT2D eigenvalue weighted by atomic mass is 10.1. The third-order valence-electron chi connectivity index (χ3n) is 3.55. The molecule has 0 bridgehead atoms. The molecule has 0 radical (unpaired) electrons. The highest BCUT2D eigenvalue weighted by Crippen LogP contribution is 2.20. The Morgan fingerprint density at radius 3 is 2.72 bits per heavy atom. The number of furan rings is 1. The summed E-state index contributed by atoms with van der Waals surface area (Å²) in [6, 6.07) is 7.36. The number of carboxylic acid groups (broad SMARTS) is 1. The van der Waals surface area contributed by atoms with Crippen LogP contribution in [-0.4, -0.2) is 37.3 Å². The molecular weight excluding hydrogens is 326 g/mol. The molecular formula is C18H21NO6.